The number of nitrogens with zero attached hydrogens (tertiary/aromatic N) is 1. The first-order valence-corrected chi connectivity index (χ1v) is 13.8. The van der Waals surface area contributed by atoms with E-state index in [4.69, 9.17) is 4.74 Å². The highest BCUT2D eigenvalue weighted by Gasteiger charge is 2.44. The van der Waals surface area contributed by atoms with Gasteiger partial charge in [-0.1, -0.05) is 31.2 Å². The second-order valence-electron chi connectivity index (χ2n) is 10.7. The number of ether oxygens (including phenoxy) is 1. The molecule has 0 radical (unpaired) electrons. The molecule has 7 nitrogen and oxygen atoms in total. The summed E-state index contributed by atoms with van der Waals surface area (Å²) in [6.45, 7) is 2.72. The number of hydrogen-bond donors (Lipinski definition) is 3. The number of benzene rings is 2. The molecule has 1 aliphatic carbocycles. The van der Waals surface area contributed by atoms with E-state index in [0.29, 0.717) is 30.8 Å². The van der Waals surface area contributed by atoms with E-state index in [1.165, 1.54) is 28.2 Å². The lowest BCUT2D eigenvalue weighted by Gasteiger charge is -2.28. The molecule has 1 heterocycles. The summed E-state index contributed by atoms with van der Waals surface area (Å²) in [6.07, 6.45) is 4.79. The van der Waals surface area contributed by atoms with Gasteiger partial charge in [-0.05, 0) is 73.8 Å². The van der Waals surface area contributed by atoms with Crippen LogP contribution in [0, 0.1) is 5.82 Å². The van der Waals surface area contributed by atoms with Crippen LogP contribution in [0.3, 0.4) is 0 Å². The molecule has 1 aliphatic heterocycles. The highest BCUT2D eigenvalue weighted by molar-refractivity contribution is 5.84. The van der Waals surface area contributed by atoms with E-state index in [1.807, 2.05) is 0 Å². The summed E-state index contributed by atoms with van der Waals surface area (Å²) < 4.78 is 20.2. The molecule has 2 amide bonds. The van der Waals surface area contributed by atoms with Crippen molar-refractivity contribution in [1.29, 1.82) is 0 Å². The highest BCUT2D eigenvalue weighted by atomic mass is 19.1. The van der Waals surface area contributed by atoms with Gasteiger partial charge in [-0.15, -0.1) is 0 Å². The molecule has 206 valence electrons. The minimum Gasteiger partial charge on any atom is -0.493 e. The van der Waals surface area contributed by atoms with Gasteiger partial charge in [0.15, 0.2) is 0 Å². The van der Waals surface area contributed by atoms with Crippen LogP contribution in [0.25, 0.3) is 0 Å². The first-order valence-electron chi connectivity index (χ1n) is 13.8. The second kappa shape index (κ2) is 12.7. The van der Waals surface area contributed by atoms with Crippen molar-refractivity contribution in [2.45, 2.75) is 76.0 Å². The van der Waals surface area contributed by atoms with Gasteiger partial charge in [0, 0.05) is 31.6 Å². The Morgan fingerprint density at radius 1 is 1.18 bits per heavy atom. The molecule has 4 rings (SSSR count). The molecule has 2 unspecified atom stereocenters. The Hall–Kier alpha value is -2.97. The molecule has 2 bridgehead atoms. The lowest BCUT2D eigenvalue weighted by atomic mass is 9.98. The van der Waals surface area contributed by atoms with Crippen molar-refractivity contribution in [2.75, 3.05) is 26.7 Å². The zero-order valence-electron chi connectivity index (χ0n) is 22.5. The van der Waals surface area contributed by atoms with E-state index in [2.05, 4.69) is 41.8 Å². The summed E-state index contributed by atoms with van der Waals surface area (Å²) in [6, 6.07) is 12.3. The van der Waals surface area contributed by atoms with Crippen molar-refractivity contribution in [3.05, 3.63) is 65.0 Å². The van der Waals surface area contributed by atoms with E-state index in [0.717, 1.165) is 32.1 Å². The monoisotopic (exact) mass is 525 g/mol. The van der Waals surface area contributed by atoms with Crippen LogP contribution in [0.4, 0.5) is 4.39 Å². The average Bonchev–Trinajstić information content (AvgIpc) is 3.69. The normalized spacial score (nSPS) is 21.4. The van der Waals surface area contributed by atoms with Gasteiger partial charge in [0.2, 0.25) is 11.8 Å². The molecular weight excluding hydrogens is 485 g/mol. The molecule has 2 aromatic rings. The Morgan fingerprint density at radius 3 is 2.76 bits per heavy atom. The van der Waals surface area contributed by atoms with E-state index in [-0.39, 0.29) is 36.9 Å². The third-order valence-corrected chi connectivity index (χ3v) is 7.60. The molecule has 2 atom stereocenters. The molecule has 0 spiro atoms. The Balaban J connectivity index is 1.51. The van der Waals surface area contributed by atoms with Crippen LogP contribution in [0.15, 0.2) is 42.5 Å². The molecule has 38 heavy (non-hydrogen) atoms. The standard InChI is InChI=1S/C30H40FN3O4/c1-3-21-8-7-9-23(14-21)30(11-12-30)32-19-27(35)26-17-22-15-24(31)18-25(16-22)38-13-6-4-5-10-29(37)34(2)20-28(36)33-26/h7-9,14-16,18,26-27,32,35H,3-6,10-13,17,19-20H2,1-2H3,(H,33,36). The third kappa shape index (κ3) is 7.54. The van der Waals surface area contributed by atoms with E-state index in [9.17, 15) is 19.1 Å². The number of fused-ring (bicyclic) bond motifs is 2. The number of halogens is 1. The van der Waals surface area contributed by atoms with Crippen LogP contribution in [-0.2, 0) is 28.0 Å². The minimum atomic E-state index is -0.932. The highest BCUT2D eigenvalue weighted by Crippen LogP contribution is 2.45. The van der Waals surface area contributed by atoms with Gasteiger partial charge in [0.05, 0.1) is 25.3 Å². The summed E-state index contributed by atoms with van der Waals surface area (Å²) in [7, 11) is 1.61. The molecule has 2 aromatic carbocycles. The number of nitrogens with one attached hydrogen (secondary N) is 2. The zero-order valence-corrected chi connectivity index (χ0v) is 22.5. The molecule has 2 aliphatic rings. The first-order chi connectivity index (χ1) is 18.3. The van der Waals surface area contributed by atoms with Crippen molar-refractivity contribution in [3.63, 3.8) is 0 Å². The topological polar surface area (TPSA) is 90.9 Å². The van der Waals surface area contributed by atoms with Crippen LogP contribution in [0.1, 0.15) is 62.1 Å². The maximum absolute atomic E-state index is 14.4. The van der Waals surface area contributed by atoms with Crippen molar-refractivity contribution in [2.24, 2.45) is 0 Å². The number of rotatable bonds is 6. The number of hydrogen-bond acceptors (Lipinski definition) is 5. The van der Waals surface area contributed by atoms with Gasteiger partial charge in [-0.25, -0.2) is 4.39 Å². The quantitative estimate of drug-likeness (QED) is 0.537. The minimum absolute atomic E-state index is 0.0933. The second-order valence-corrected chi connectivity index (χ2v) is 10.7. The maximum atomic E-state index is 14.4. The van der Waals surface area contributed by atoms with Crippen LogP contribution in [0.2, 0.25) is 0 Å². The summed E-state index contributed by atoms with van der Waals surface area (Å²) in [4.78, 5) is 26.8. The largest absolute Gasteiger partial charge is 0.493 e. The number of aryl methyl sites for hydroxylation is 1. The number of carbonyl (C=O) groups excluding carboxylic acids is 2. The van der Waals surface area contributed by atoms with Gasteiger partial charge in [-0.2, -0.15) is 0 Å². The van der Waals surface area contributed by atoms with Crippen molar-refractivity contribution in [1.82, 2.24) is 15.5 Å². The van der Waals surface area contributed by atoms with Crippen molar-refractivity contribution < 1.29 is 23.8 Å². The van der Waals surface area contributed by atoms with Crippen LogP contribution in [0.5, 0.6) is 5.75 Å². The number of aliphatic hydroxyl groups excluding tert-OH is 1. The van der Waals surface area contributed by atoms with Gasteiger partial charge in [0.1, 0.15) is 11.6 Å². The Kier molecular flexibility index (Phi) is 9.39. The first kappa shape index (κ1) is 28.0. The SMILES string of the molecule is CCc1cccc(C2(NCC(O)C3Cc4cc(F)cc(c4)OCCCCCC(=O)N(C)CC(=O)N3)CC2)c1. The van der Waals surface area contributed by atoms with Gasteiger partial charge >= 0.3 is 0 Å². The zero-order chi connectivity index (χ0) is 27.1. The predicted octanol–water partition coefficient (Wildman–Crippen LogP) is 3.47. The molecule has 3 N–H and O–H groups in total. The molecular formula is C30H40FN3O4. The molecule has 8 heteroatoms. The van der Waals surface area contributed by atoms with Gasteiger partial charge < -0.3 is 25.4 Å². The fraction of sp³-hybridized carbons (Fsp3) is 0.533. The Labute approximate surface area is 224 Å². The summed E-state index contributed by atoms with van der Waals surface area (Å²) in [5.41, 5.74) is 2.92. The van der Waals surface area contributed by atoms with Crippen LogP contribution < -0.4 is 15.4 Å². The summed E-state index contributed by atoms with van der Waals surface area (Å²) in [5, 5.41) is 17.7. The van der Waals surface area contributed by atoms with E-state index in [1.54, 1.807) is 13.1 Å². The van der Waals surface area contributed by atoms with Crippen molar-refractivity contribution in [3.8, 4) is 5.75 Å². The molecule has 1 saturated carbocycles. The maximum Gasteiger partial charge on any atom is 0.239 e. The third-order valence-electron chi connectivity index (χ3n) is 7.60. The van der Waals surface area contributed by atoms with Crippen LogP contribution >= 0.6 is 0 Å². The molecule has 1 fully saturated rings. The van der Waals surface area contributed by atoms with Gasteiger partial charge in [-0.3, -0.25) is 9.59 Å². The Bertz CT molecular complexity index is 1120. The Morgan fingerprint density at radius 2 is 2.00 bits per heavy atom. The molecule has 0 saturated heterocycles. The number of carbonyl (C=O) groups is 2. The number of aliphatic hydroxyl groups is 1. The van der Waals surface area contributed by atoms with E-state index >= 15 is 0 Å². The summed E-state index contributed by atoms with van der Waals surface area (Å²) >= 11 is 0. The number of likely N-dealkylation sites (N-methyl/N-ethyl adjacent to an activating group) is 1. The average molecular weight is 526 g/mol. The van der Waals surface area contributed by atoms with Crippen molar-refractivity contribution >= 4 is 11.8 Å². The lowest BCUT2D eigenvalue weighted by molar-refractivity contribution is -0.135. The molecule has 0 aromatic heterocycles. The summed E-state index contributed by atoms with van der Waals surface area (Å²) in [5.74, 6) is -0.450. The predicted molar refractivity (Wildman–Crippen MR) is 144 cm³/mol. The fourth-order valence-electron chi connectivity index (χ4n) is 5.07. The lowest BCUT2D eigenvalue weighted by Crippen LogP contribution is -2.52. The van der Waals surface area contributed by atoms with Gasteiger partial charge in [0.25, 0.3) is 0 Å². The number of amides is 2. The van der Waals surface area contributed by atoms with E-state index < -0.39 is 18.0 Å². The smallest absolute Gasteiger partial charge is 0.239 e. The van der Waals surface area contributed by atoms with Crippen LogP contribution in [-0.4, -0.2) is 60.7 Å². The fourth-order valence-corrected chi connectivity index (χ4v) is 5.07.